The summed E-state index contributed by atoms with van der Waals surface area (Å²) < 4.78 is 16.9. The maximum atomic E-state index is 12.9. The Morgan fingerprint density at radius 3 is 0.816 bits per heavy atom. The molecule has 1 atom stereocenters. The first kappa shape index (κ1) is 72.8. The third kappa shape index (κ3) is 61.7. The van der Waals surface area contributed by atoms with Gasteiger partial charge < -0.3 is 14.2 Å². The number of carbonyl (C=O) groups excluding carboxylic acids is 3. The summed E-state index contributed by atoms with van der Waals surface area (Å²) in [6.45, 7) is 6.55. The summed E-state index contributed by atoms with van der Waals surface area (Å²) in [5.74, 6) is -0.865. The summed E-state index contributed by atoms with van der Waals surface area (Å²) in [6.07, 6.45) is 83.5. The standard InChI is InChI=1S/C70H124O6/c1-4-7-10-13-16-19-22-25-27-28-29-30-31-32-33-34-35-36-37-38-39-40-41-42-44-45-48-51-54-57-60-63-69(72)75-66-67(65-74-68(71)62-59-56-53-50-47-24-21-18-15-12-9-6-3)76-70(73)64-61-58-55-52-49-46-43-26-23-20-17-14-11-8-5-2/h7,10,16,19,25-27,29-30,32-33,43,67H,4-6,8-9,11-15,17-18,20-24,28,31,34-42,44-66H2,1-3H3/b10-7-,19-16-,27-25-,30-29-,33-32-,43-26-. The van der Waals surface area contributed by atoms with Gasteiger partial charge in [0.2, 0.25) is 0 Å². The molecule has 0 radical (unpaired) electrons. The van der Waals surface area contributed by atoms with Crippen LogP contribution in [0.5, 0.6) is 0 Å². The predicted octanol–water partition coefficient (Wildman–Crippen LogP) is 22.5. The lowest BCUT2D eigenvalue weighted by molar-refractivity contribution is -0.167. The first-order chi connectivity index (χ1) is 37.5. The van der Waals surface area contributed by atoms with Crippen molar-refractivity contribution in [1.29, 1.82) is 0 Å². The number of unbranched alkanes of at least 4 members (excludes halogenated alkanes) is 37. The maximum absolute atomic E-state index is 12.9. The van der Waals surface area contributed by atoms with E-state index in [1.54, 1.807) is 0 Å². The molecule has 0 aliphatic carbocycles. The summed E-state index contributed by atoms with van der Waals surface area (Å²) in [7, 11) is 0. The Hall–Kier alpha value is -3.15. The number of ether oxygens (including phenoxy) is 3. The van der Waals surface area contributed by atoms with Gasteiger partial charge in [0, 0.05) is 19.3 Å². The van der Waals surface area contributed by atoms with E-state index < -0.39 is 6.10 Å². The van der Waals surface area contributed by atoms with Crippen LogP contribution in [0.4, 0.5) is 0 Å². The Bertz CT molecular complexity index is 1400. The van der Waals surface area contributed by atoms with Crippen LogP contribution in [0.25, 0.3) is 0 Å². The number of esters is 3. The largest absolute Gasteiger partial charge is 0.462 e. The van der Waals surface area contributed by atoms with Crippen LogP contribution in [-0.2, 0) is 28.6 Å². The first-order valence-corrected chi connectivity index (χ1v) is 32.9. The van der Waals surface area contributed by atoms with Crippen molar-refractivity contribution < 1.29 is 28.6 Å². The van der Waals surface area contributed by atoms with Crippen molar-refractivity contribution in [2.24, 2.45) is 0 Å². The molecule has 0 saturated heterocycles. The van der Waals surface area contributed by atoms with Crippen LogP contribution in [0.1, 0.15) is 335 Å². The molecule has 0 rings (SSSR count). The van der Waals surface area contributed by atoms with E-state index in [4.69, 9.17) is 14.2 Å². The van der Waals surface area contributed by atoms with Gasteiger partial charge in [0.25, 0.3) is 0 Å². The Morgan fingerprint density at radius 1 is 0.276 bits per heavy atom. The minimum Gasteiger partial charge on any atom is -0.462 e. The van der Waals surface area contributed by atoms with Crippen molar-refractivity contribution >= 4 is 17.9 Å². The van der Waals surface area contributed by atoms with Crippen LogP contribution in [0, 0.1) is 0 Å². The highest BCUT2D eigenvalue weighted by Crippen LogP contribution is 2.17. The molecule has 76 heavy (non-hydrogen) atoms. The van der Waals surface area contributed by atoms with E-state index in [0.717, 1.165) is 96.3 Å². The fourth-order valence-corrected chi connectivity index (χ4v) is 9.53. The summed E-state index contributed by atoms with van der Waals surface area (Å²) in [6, 6.07) is 0. The van der Waals surface area contributed by atoms with Gasteiger partial charge in [-0.2, -0.15) is 0 Å². The van der Waals surface area contributed by atoms with Crippen LogP contribution < -0.4 is 0 Å². The van der Waals surface area contributed by atoms with Crippen molar-refractivity contribution in [3.05, 3.63) is 72.9 Å². The van der Waals surface area contributed by atoms with Crippen LogP contribution in [-0.4, -0.2) is 37.2 Å². The normalized spacial score (nSPS) is 12.5. The lowest BCUT2D eigenvalue weighted by Crippen LogP contribution is -2.30. The number of carbonyl (C=O) groups is 3. The van der Waals surface area contributed by atoms with Gasteiger partial charge in [-0.15, -0.1) is 0 Å². The third-order valence-corrected chi connectivity index (χ3v) is 14.4. The van der Waals surface area contributed by atoms with Crippen LogP contribution in [0.15, 0.2) is 72.9 Å². The lowest BCUT2D eigenvalue weighted by Gasteiger charge is -2.18. The van der Waals surface area contributed by atoms with Crippen LogP contribution in [0.2, 0.25) is 0 Å². The highest BCUT2D eigenvalue weighted by Gasteiger charge is 2.19. The molecule has 0 amide bonds. The molecule has 0 fully saturated rings. The minimum atomic E-state index is -0.776. The van der Waals surface area contributed by atoms with Crippen molar-refractivity contribution in [3.63, 3.8) is 0 Å². The molecule has 0 aromatic rings. The molecule has 6 heteroatoms. The van der Waals surface area contributed by atoms with Gasteiger partial charge in [-0.3, -0.25) is 14.4 Å². The molecule has 0 aliphatic heterocycles. The molecule has 0 aliphatic rings. The zero-order valence-corrected chi connectivity index (χ0v) is 50.5. The number of rotatable bonds is 60. The van der Waals surface area contributed by atoms with E-state index in [1.165, 1.54) is 199 Å². The van der Waals surface area contributed by atoms with E-state index in [1.807, 2.05) is 0 Å². The molecule has 0 aromatic carbocycles. The average Bonchev–Trinajstić information content (AvgIpc) is 3.42. The smallest absolute Gasteiger partial charge is 0.306 e. The SMILES string of the molecule is CC/C=C\C/C=C\C/C=C\C/C=C\C/C=C\CCCCCCCCCCCCCCCCCC(=O)OCC(COC(=O)CCCCCCCCCCCCCC)OC(=O)CCCCCCC/C=C\CCCCCCCC. The second-order valence-electron chi connectivity index (χ2n) is 22.0. The molecule has 0 N–H and O–H groups in total. The summed E-state index contributed by atoms with van der Waals surface area (Å²) >= 11 is 0. The van der Waals surface area contributed by atoms with Gasteiger partial charge in [0.1, 0.15) is 13.2 Å². The summed E-state index contributed by atoms with van der Waals surface area (Å²) in [4.78, 5) is 38.2. The van der Waals surface area contributed by atoms with Crippen molar-refractivity contribution in [2.45, 2.75) is 341 Å². The molecule has 440 valence electrons. The van der Waals surface area contributed by atoms with Crippen LogP contribution >= 0.6 is 0 Å². The van der Waals surface area contributed by atoms with E-state index in [0.29, 0.717) is 19.3 Å². The third-order valence-electron chi connectivity index (χ3n) is 14.4. The van der Waals surface area contributed by atoms with Gasteiger partial charge in [0.15, 0.2) is 6.10 Å². The summed E-state index contributed by atoms with van der Waals surface area (Å²) in [5, 5.41) is 0. The minimum absolute atomic E-state index is 0.0735. The van der Waals surface area contributed by atoms with Gasteiger partial charge >= 0.3 is 17.9 Å². The molecule has 0 bridgehead atoms. The number of hydrogen-bond donors (Lipinski definition) is 0. The van der Waals surface area contributed by atoms with Crippen LogP contribution in [0.3, 0.4) is 0 Å². The quantitative estimate of drug-likeness (QED) is 0.0261. The van der Waals surface area contributed by atoms with Gasteiger partial charge in [-0.05, 0) is 89.9 Å². The topological polar surface area (TPSA) is 78.9 Å². The molecule has 0 heterocycles. The van der Waals surface area contributed by atoms with E-state index in [9.17, 15) is 14.4 Å². The van der Waals surface area contributed by atoms with Gasteiger partial charge in [0.05, 0.1) is 0 Å². The monoisotopic (exact) mass is 1060 g/mol. The fourth-order valence-electron chi connectivity index (χ4n) is 9.53. The molecular formula is C70H124O6. The van der Waals surface area contributed by atoms with Gasteiger partial charge in [-0.25, -0.2) is 0 Å². The second kappa shape index (κ2) is 64.4. The Balaban J connectivity index is 4.16. The Morgan fingerprint density at radius 2 is 0.513 bits per heavy atom. The van der Waals surface area contributed by atoms with Crippen molar-refractivity contribution in [3.8, 4) is 0 Å². The molecule has 6 nitrogen and oxygen atoms in total. The molecule has 0 spiro atoms. The van der Waals surface area contributed by atoms with E-state index >= 15 is 0 Å². The first-order valence-electron chi connectivity index (χ1n) is 32.9. The average molecular weight is 1060 g/mol. The lowest BCUT2D eigenvalue weighted by atomic mass is 10.0. The van der Waals surface area contributed by atoms with E-state index in [-0.39, 0.29) is 31.1 Å². The molecule has 1 unspecified atom stereocenters. The molecular weight excluding hydrogens is 937 g/mol. The predicted molar refractivity (Wildman–Crippen MR) is 330 cm³/mol. The van der Waals surface area contributed by atoms with Crippen molar-refractivity contribution in [1.82, 2.24) is 0 Å². The zero-order chi connectivity index (χ0) is 55.0. The Labute approximate surface area is 472 Å². The fraction of sp³-hybridized carbons (Fsp3) is 0.786. The van der Waals surface area contributed by atoms with Crippen molar-refractivity contribution in [2.75, 3.05) is 13.2 Å². The molecule has 0 aromatic heterocycles. The zero-order valence-electron chi connectivity index (χ0n) is 50.5. The van der Waals surface area contributed by atoms with E-state index in [2.05, 4.69) is 93.7 Å². The number of hydrogen-bond acceptors (Lipinski definition) is 6. The summed E-state index contributed by atoms with van der Waals surface area (Å²) in [5.41, 5.74) is 0. The highest BCUT2D eigenvalue weighted by molar-refractivity contribution is 5.71. The Kier molecular flexibility index (Phi) is 61.7. The number of allylic oxidation sites excluding steroid dienone is 12. The maximum Gasteiger partial charge on any atom is 0.306 e. The second-order valence-corrected chi connectivity index (χ2v) is 22.0. The highest BCUT2D eigenvalue weighted by atomic mass is 16.6. The van der Waals surface area contributed by atoms with Gasteiger partial charge in [-0.1, -0.05) is 299 Å². The molecule has 0 saturated carbocycles.